The van der Waals surface area contributed by atoms with Crippen molar-refractivity contribution in [1.82, 2.24) is 0 Å². The molecule has 27 heavy (non-hydrogen) atoms. The quantitative estimate of drug-likeness (QED) is 0.289. The molecule has 0 bridgehead atoms. The molecule has 2 rings (SSSR count). The third-order valence-corrected chi connectivity index (χ3v) is 5.69. The molecular weight excluding hydrogens is 330 g/mol. The van der Waals surface area contributed by atoms with E-state index in [1.54, 1.807) is 0 Å². The van der Waals surface area contributed by atoms with Crippen LogP contribution in [0.25, 0.3) is 0 Å². The number of hydrogen-bond acceptors (Lipinski definition) is 2. The first-order chi connectivity index (χ1) is 13.3. The standard InChI is InChI=1S/C25H41NO/c1-3-5-7-9-11-16-20-23-24(21-17-12-10-8-6-4-2)27-25(26-23)22-18-14-13-15-19-22/h13-15,18-19,23-24H,3-12,16-17,20-21H2,1-2H3/t23-,24+/m1/s1. The third-order valence-electron chi connectivity index (χ3n) is 5.69. The van der Waals surface area contributed by atoms with Gasteiger partial charge in [-0.15, -0.1) is 0 Å². The second-order valence-corrected chi connectivity index (χ2v) is 8.14. The molecule has 2 heteroatoms. The SMILES string of the molecule is CCCCCCCC[C@@H]1OC(c2ccccc2)=N[C@@H]1CCCCCCCC. The Labute approximate surface area is 167 Å². The van der Waals surface area contributed by atoms with Crippen LogP contribution in [0.4, 0.5) is 0 Å². The van der Waals surface area contributed by atoms with E-state index in [0.717, 1.165) is 17.9 Å². The summed E-state index contributed by atoms with van der Waals surface area (Å²) >= 11 is 0. The van der Waals surface area contributed by atoms with Crippen molar-refractivity contribution < 1.29 is 4.74 Å². The highest BCUT2D eigenvalue weighted by Crippen LogP contribution is 2.26. The van der Waals surface area contributed by atoms with Crippen molar-refractivity contribution in [2.45, 2.75) is 116 Å². The maximum absolute atomic E-state index is 6.33. The molecule has 1 aromatic rings. The Kier molecular flexibility index (Phi) is 11.2. The normalized spacial score (nSPS) is 19.1. The summed E-state index contributed by atoms with van der Waals surface area (Å²) in [6, 6.07) is 10.8. The predicted molar refractivity (Wildman–Crippen MR) is 118 cm³/mol. The third kappa shape index (κ3) is 8.49. The fraction of sp³-hybridized carbons (Fsp3) is 0.720. The van der Waals surface area contributed by atoms with E-state index in [-0.39, 0.29) is 0 Å². The maximum atomic E-state index is 6.33. The van der Waals surface area contributed by atoms with E-state index < -0.39 is 0 Å². The van der Waals surface area contributed by atoms with Crippen LogP contribution >= 0.6 is 0 Å². The van der Waals surface area contributed by atoms with Gasteiger partial charge >= 0.3 is 0 Å². The van der Waals surface area contributed by atoms with Gasteiger partial charge in [-0.25, -0.2) is 4.99 Å². The van der Waals surface area contributed by atoms with Crippen molar-refractivity contribution in [2.75, 3.05) is 0 Å². The molecule has 0 saturated carbocycles. The van der Waals surface area contributed by atoms with Gasteiger partial charge in [-0.1, -0.05) is 103 Å². The summed E-state index contributed by atoms with van der Waals surface area (Å²) in [5.41, 5.74) is 1.14. The van der Waals surface area contributed by atoms with Gasteiger partial charge in [0.05, 0.1) is 6.04 Å². The molecule has 2 nitrogen and oxygen atoms in total. The zero-order valence-electron chi connectivity index (χ0n) is 17.8. The van der Waals surface area contributed by atoms with Crippen molar-refractivity contribution in [3.8, 4) is 0 Å². The van der Waals surface area contributed by atoms with Crippen LogP contribution in [-0.4, -0.2) is 18.0 Å². The van der Waals surface area contributed by atoms with Crippen LogP contribution in [0.1, 0.15) is 109 Å². The summed E-state index contributed by atoms with van der Waals surface area (Å²) in [5, 5.41) is 0. The van der Waals surface area contributed by atoms with Gasteiger partial charge in [0.15, 0.2) is 0 Å². The van der Waals surface area contributed by atoms with Gasteiger partial charge in [-0.3, -0.25) is 0 Å². The maximum Gasteiger partial charge on any atom is 0.216 e. The fourth-order valence-corrected chi connectivity index (χ4v) is 3.97. The minimum absolute atomic E-state index is 0.294. The molecular formula is C25H41NO. The molecule has 0 N–H and O–H groups in total. The molecule has 2 atom stereocenters. The molecule has 0 spiro atoms. The van der Waals surface area contributed by atoms with Gasteiger partial charge in [0.2, 0.25) is 5.90 Å². The minimum atomic E-state index is 0.294. The molecule has 1 aliphatic rings. The molecule has 0 amide bonds. The molecule has 0 saturated heterocycles. The molecule has 152 valence electrons. The lowest BCUT2D eigenvalue weighted by molar-refractivity contribution is 0.172. The molecule has 1 aliphatic heterocycles. The highest BCUT2D eigenvalue weighted by atomic mass is 16.5. The van der Waals surface area contributed by atoms with Gasteiger partial charge in [0, 0.05) is 5.56 Å². The van der Waals surface area contributed by atoms with E-state index in [2.05, 4.69) is 44.2 Å². The first-order valence-electron chi connectivity index (χ1n) is 11.6. The Hall–Kier alpha value is -1.31. The Morgan fingerprint density at radius 3 is 1.89 bits per heavy atom. The van der Waals surface area contributed by atoms with Crippen molar-refractivity contribution in [3.05, 3.63) is 35.9 Å². The van der Waals surface area contributed by atoms with Crippen molar-refractivity contribution in [3.63, 3.8) is 0 Å². The summed E-state index contributed by atoms with van der Waals surface area (Å²) < 4.78 is 6.33. The Morgan fingerprint density at radius 1 is 0.704 bits per heavy atom. The monoisotopic (exact) mass is 371 g/mol. The molecule has 0 aliphatic carbocycles. The van der Waals surface area contributed by atoms with Crippen molar-refractivity contribution >= 4 is 5.90 Å². The Morgan fingerprint density at radius 2 is 1.26 bits per heavy atom. The number of ether oxygens (including phenoxy) is 1. The number of hydrogen-bond donors (Lipinski definition) is 0. The van der Waals surface area contributed by atoms with E-state index in [1.165, 1.54) is 83.5 Å². The Balaban J connectivity index is 1.79. The molecule has 1 aromatic carbocycles. The van der Waals surface area contributed by atoms with Gasteiger partial charge in [-0.2, -0.15) is 0 Å². The average Bonchev–Trinajstić information content (AvgIpc) is 3.11. The van der Waals surface area contributed by atoms with Crippen molar-refractivity contribution in [1.29, 1.82) is 0 Å². The highest BCUT2D eigenvalue weighted by Gasteiger charge is 2.30. The van der Waals surface area contributed by atoms with Gasteiger partial charge in [-0.05, 0) is 31.4 Å². The second kappa shape index (κ2) is 13.8. The number of unbranched alkanes of at least 4 members (excludes halogenated alkanes) is 10. The summed E-state index contributed by atoms with van der Waals surface area (Å²) in [6.45, 7) is 4.56. The zero-order chi connectivity index (χ0) is 19.2. The summed E-state index contributed by atoms with van der Waals surface area (Å²) in [7, 11) is 0. The van der Waals surface area contributed by atoms with Crippen LogP contribution in [0, 0.1) is 0 Å². The lowest BCUT2D eigenvalue weighted by Gasteiger charge is -2.17. The summed E-state index contributed by atoms with van der Waals surface area (Å²) in [4.78, 5) is 5.00. The zero-order valence-corrected chi connectivity index (χ0v) is 17.8. The highest BCUT2D eigenvalue weighted by molar-refractivity contribution is 5.95. The van der Waals surface area contributed by atoms with Crippen molar-refractivity contribution in [2.24, 2.45) is 4.99 Å². The van der Waals surface area contributed by atoms with E-state index in [1.807, 2.05) is 0 Å². The van der Waals surface area contributed by atoms with Crippen LogP contribution in [0.3, 0.4) is 0 Å². The largest absolute Gasteiger partial charge is 0.472 e. The van der Waals surface area contributed by atoms with Crippen LogP contribution in [-0.2, 0) is 4.74 Å². The average molecular weight is 372 g/mol. The number of benzene rings is 1. The van der Waals surface area contributed by atoms with E-state index in [0.29, 0.717) is 12.1 Å². The van der Waals surface area contributed by atoms with Gasteiger partial charge in [0.1, 0.15) is 6.10 Å². The van der Waals surface area contributed by atoms with Crippen LogP contribution in [0.15, 0.2) is 35.3 Å². The smallest absolute Gasteiger partial charge is 0.216 e. The number of nitrogens with zero attached hydrogens (tertiary/aromatic N) is 1. The molecule has 0 aromatic heterocycles. The lowest BCUT2D eigenvalue weighted by Crippen LogP contribution is -2.22. The fourth-order valence-electron chi connectivity index (χ4n) is 3.97. The van der Waals surface area contributed by atoms with Crippen LogP contribution < -0.4 is 0 Å². The van der Waals surface area contributed by atoms with Gasteiger partial charge in [0.25, 0.3) is 0 Å². The topological polar surface area (TPSA) is 21.6 Å². The molecule has 0 radical (unpaired) electrons. The first kappa shape index (κ1) is 22.0. The van der Waals surface area contributed by atoms with Crippen LogP contribution in [0.2, 0.25) is 0 Å². The van der Waals surface area contributed by atoms with E-state index in [9.17, 15) is 0 Å². The summed E-state index contributed by atoms with van der Waals surface area (Å²) in [5.74, 6) is 0.877. The lowest BCUT2D eigenvalue weighted by atomic mass is 9.98. The second-order valence-electron chi connectivity index (χ2n) is 8.14. The summed E-state index contributed by atoms with van der Waals surface area (Å²) in [6.07, 6.45) is 18.8. The van der Waals surface area contributed by atoms with Gasteiger partial charge < -0.3 is 4.74 Å². The molecule has 0 fully saturated rings. The van der Waals surface area contributed by atoms with Crippen LogP contribution in [0.5, 0.6) is 0 Å². The number of aliphatic imine (C=N–C) groups is 1. The molecule has 1 heterocycles. The predicted octanol–water partition coefficient (Wildman–Crippen LogP) is 7.70. The molecule has 0 unspecified atom stereocenters. The van der Waals surface area contributed by atoms with E-state index >= 15 is 0 Å². The first-order valence-corrected chi connectivity index (χ1v) is 11.6. The minimum Gasteiger partial charge on any atom is -0.472 e. The van der Waals surface area contributed by atoms with E-state index in [4.69, 9.17) is 9.73 Å². The number of rotatable bonds is 15. The Bertz CT molecular complexity index is 510.